The standard InChI is InChI=1S/C13H15BrFN3/c1-2-6-18-7-5-16-13(18)9-17-12-8-10(14)3-4-11(12)15/h3-5,7-8,17H,2,6,9H2,1H3. The van der Waals surface area contributed by atoms with Crippen LogP contribution in [0.2, 0.25) is 0 Å². The van der Waals surface area contributed by atoms with E-state index in [1.807, 2.05) is 6.20 Å². The summed E-state index contributed by atoms with van der Waals surface area (Å²) in [5.74, 6) is 0.656. The lowest BCUT2D eigenvalue weighted by atomic mass is 10.3. The van der Waals surface area contributed by atoms with Crippen LogP contribution in [0.25, 0.3) is 0 Å². The summed E-state index contributed by atoms with van der Waals surface area (Å²) in [6.45, 7) is 3.56. The Hall–Kier alpha value is -1.36. The molecule has 5 heteroatoms. The SMILES string of the molecule is CCCn1ccnc1CNc1cc(Br)ccc1F. The van der Waals surface area contributed by atoms with E-state index >= 15 is 0 Å². The molecule has 1 heterocycles. The molecule has 96 valence electrons. The van der Waals surface area contributed by atoms with Gasteiger partial charge in [0.2, 0.25) is 0 Å². The van der Waals surface area contributed by atoms with E-state index in [4.69, 9.17) is 0 Å². The Labute approximate surface area is 114 Å². The minimum atomic E-state index is -0.258. The highest BCUT2D eigenvalue weighted by Gasteiger charge is 2.05. The van der Waals surface area contributed by atoms with Gasteiger partial charge in [-0.1, -0.05) is 22.9 Å². The first-order chi connectivity index (χ1) is 8.70. The van der Waals surface area contributed by atoms with Crippen molar-refractivity contribution >= 4 is 21.6 Å². The third-order valence-corrected chi connectivity index (χ3v) is 3.12. The first-order valence-corrected chi connectivity index (χ1v) is 6.69. The normalized spacial score (nSPS) is 10.6. The summed E-state index contributed by atoms with van der Waals surface area (Å²) in [7, 11) is 0. The van der Waals surface area contributed by atoms with Gasteiger partial charge in [0.1, 0.15) is 11.6 Å². The summed E-state index contributed by atoms with van der Waals surface area (Å²) in [6.07, 6.45) is 4.76. The Morgan fingerprint density at radius 3 is 3.06 bits per heavy atom. The maximum Gasteiger partial charge on any atom is 0.146 e. The second-order valence-electron chi connectivity index (χ2n) is 4.01. The van der Waals surface area contributed by atoms with Crippen LogP contribution in [-0.4, -0.2) is 9.55 Å². The van der Waals surface area contributed by atoms with Crippen molar-refractivity contribution in [3.05, 3.63) is 46.7 Å². The zero-order chi connectivity index (χ0) is 13.0. The molecule has 2 aromatic rings. The molecule has 18 heavy (non-hydrogen) atoms. The molecule has 0 bridgehead atoms. The van der Waals surface area contributed by atoms with Crippen LogP contribution >= 0.6 is 15.9 Å². The summed E-state index contributed by atoms with van der Waals surface area (Å²) in [5, 5.41) is 3.07. The second kappa shape index (κ2) is 6.00. The van der Waals surface area contributed by atoms with Gasteiger partial charge >= 0.3 is 0 Å². The van der Waals surface area contributed by atoms with E-state index in [-0.39, 0.29) is 5.82 Å². The molecule has 0 unspecified atom stereocenters. The van der Waals surface area contributed by atoms with Crippen LogP contribution in [0.3, 0.4) is 0 Å². The van der Waals surface area contributed by atoms with Crippen LogP contribution in [0.15, 0.2) is 35.1 Å². The van der Waals surface area contributed by atoms with E-state index in [2.05, 4.69) is 37.7 Å². The molecule has 1 aromatic heterocycles. The molecule has 1 aromatic carbocycles. The molecule has 3 nitrogen and oxygen atoms in total. The van der Waals surface area contributed by atoms with E-state index in [1.165, 1.54) is 6.07 Å². The molecular weight excluding hydrogens is 297 g/mol. The Morgan fingerprint density at radius 1 is 1.44 bits per heavy atom. The molecule has 0 amide bonds. The highest BCUT2D eigenvalue weighted by molar-refractivity contribution is 9.10. The van der Waals surface area contributed by atoms with Gasteiger partial charge in [0, 0.05) is 23.4 Å². The van der Waals surface area contributed by atoms with E-state index in [1.54, 1.807) is 18.3 Å². The van der Waals surface area contributed by atoms with Gasteiger partial charge in [0.05, 0.1) is 12.2 Å². The summed E-state index contributed by atoms with van der Waals surface area (Å²) in [5.41, 5.74) is 0.482. The molecule has 0 spiro atoms. The van der Waals surface area contributed by atoms with Gasteiger partial charge < -0.3 is 9.88 Å². The molecule has 1 N–H and O–H groups in total. The Morgan fingerprint density at radius 2 is 2.28 bits per heavy atom. The summed E-state index contributed by atoms with van der Waals surface area (Å²) >= 11 is 3.33. The van der Waals surface area contributed by atoms with E-state index in [0.29, 0.717) is 12.2 Å². The number of benzene rings is 1. The number of hydrogen-bond acceptors (Lipinski definition) is 2. The molecular formula is C13H15BrFN3. The maximum atomic E-state index is 13.5. The quantitative estimate of drug-likeness (QED) is 0.910. The van der Waals surface area contributed by atoms with E-state index in [9.17, 15) is 4.39 Å². The van der Waals surface area contributed by atoms with Gasteiger partial charge in [-0.3, -0.25) is 0 Å². The predicted octanol–water partition coefficient (Wildman–Crippen LogP) is 3.81. The fourth-order valence-electron chi connectivity index (χ4n) is 1.76. The molecule has 2 rings (SSSR count). The third kappa shape index (κ3) is 3.10. The number of nitrogens with one attached hydrogen (secondary N) is 1. The smallest absolute Gasteiger partial charge is 0.146 e. The van der Waals surface area contributed by atoms with Crippen LogP contribution in [0.1, 0.15) is 19.2 Å². The average Bonchev–Trinajstić information content (AvgIpc) is 2.78. The minimum Gasteiger partial charge on any atom is -0.375 e. The fraction of sp³-hybridized carbons (Fsp3) is 0.308. The molecule has 0 aliphatic carbocycles. The van der Waals surface area contributed by atoms with Crippen LogP contribution in [-0.2, 0) is 13.1 Å². The highest BCUT2D eigenvalue weighted by atomic mass is 79.9. The largest absolute Gasteiger partial charge is 0.375 e. The van der Waals surface area contributed by atoms with Gasteiger partial charge in [-0.15, -0.1) is 0 Å². The van der Waals surface area contributed by atoms with Crippen LogP contribution in [0, 0.1) is 5.82 Å². The van der Waals surface area contributed by atoms with Gasteiger partial charge in [-0.05, 0) is 24.6 Å². The van der Waals surface area contributed by atoms with E-state index in [0.717, 1.165) is 23.3 Å². The molecule has 0 atom stereocenters. The summed E-state index contributed by atoms with van der Waals surface area (Å²) in [6, 6.07) is 4.84. The minimum absolute atomic E-state index is 0.258. The monoisotopic (exact) mass is 311 g/mol. The predicted molar refractivity (Wildman–Crippen MR) is 73.9 cm³/mol. The maximum absolute atomic E-state index is 13.5. The lowest BCUT2D eigenvalue weighted by molar-refractivity contribution is 0.624. The number of halogens is 2. The lowest BCUT2D eigenvalue weighted by Gasteiger charge is -2.09. The van der Waals surface area contributed by atoms with Crippen LogP contribution in [0.5, 0.6) is 0 Å². The molecule has 0 saturated carbocycles. The van der Waals surface area contributed by atoms with Gasteiger partial charge in [0.15, 0.2) is 0 Å². The Kier molecular flexibility index (Phi) is 4.36. The first-order valence-electron chi connectivity index (χ1n) is 5.89. The number of aryl methyl sites for hydroxylation is 1. The van der Waals surface area contributed by atoms with Crippen molar-refractivity contribution in [3.63, 3.8) is 0 Å². The highest BCUT2D eigenvalue weighted by Crippen LogP contribution is 2.20. The number of nitrogens with zero attached hydrogens (tertiary/aromatic N) is 2. The van der Waals surface area contributed by atoms with Crippen molar-refractivity contribution in [2.24, 2.45) is 0 Å². The number of rotatable bonds is 5. The van der Waals surface area contributed by atoms with Crippen molar-refractivity contribution < 1.29 is 4.39 Å². The molecule has 0 aliphatic rings. The molecule has 0 aliphatic heterocycles. The van der Waals surface area contributed by atoms with Crippen molar-refractivity contribution in [2.45, 2.75) is 26.4 Å². The number of aromatic nitrogens is 2. The van der Waals surface area contributed by atoms with Crippen molar-refractivity contribution in [2.75, 3.05) is 5.32 Å². The number of hydrogen-bond donors (Lipinski definition) is 1. The van der Waals surface area contributed by atoms with Crippen molar-refractivity contribution in [1.82, 2.24) is 9.55 Å². The van der Waals surface area contributed by atoms with Gasteiger partial charge in [0.25, 0.3) is 0 Å². The van der Waals surface area contributed by atoms with Crippen molar-refractivity contribution in [3.8, 4) is 0 Å². The average molecular weight is 312 g/mol. The first kappa shape index (κ1) is 13.1. The van der Waals surface area contributed by atoms with Crippen molar-refractivity contribution in [1.29, 1.82) is 0 Å². The summed E-state index contributed by atoms with van der Waals surface area (Å²) < 4.78 is 16.5. The topological polar surface area (TPSA) is 29.9 Å². The summed E-state index contributed by atoms with van der Waals surface area (Å²) in [4.78, 5) is 4.27. The molecule has 0 radical (unpaired) electrons. The molecule has 0 fully saturated rings. The third-order valence-electron chi connectivity index (χ3n) is 2.63. The second-order valence-corrected chi connectivity index (χ2v) is 4.93. The Balaban J connectivity index is 2.06. The number of imidazole rings is 1. The number of anilines is 1. The fourth-order valence-corrected chi connectivity index (χ4v) is 2.12. The zero-order valence-corrected chi connectivity index (χ0v) is 11.7. The Bertz CT molecular complexity index is 525. The van der Waals surface area contributed by atoms with Gasteiger partial charge in [-0.25, -0.2) is 9.37 Å². The molecule has 0 saturated heterocycles. The van der Waals surface area contributed by atoms with Gasteiger partial charge in [-0.2, -0.15) is 0 Å². The zero-order valence-electron chi connectivity index (χ0n) is 10.2. The lowest BCUT2D eigenvalue weighted by Crippen LogP contribution is -2.09. The van der Waals surface area contributed by atoms with Crippen LogP contribution < -0.4 is 5.32 Å². The van der Waals surface area contributed by atoms with Crippen LogP contribution in [0.4, 0.5) is 10.1 Å². The van der Waals surface area contributed by atoms with E-state index < -0.39 is 0 Å².